The maximum Gasteiger partial charge on any atom is 0.257 e. The molecule has 0 saturated heterocycles. The molecule has 1 aliphatic rings. The number of nitrogens with zero attached hydrogens (tertiary/aromatic N) is 1. The molecular weight excluding hydrogens is 234 g/mol. The third-order valence-corrected chi connectivity index (χ3v) is 3.96. The smallest absolute Gasteiger partial charge is 0.257 e. The summed E-state index contributed by atoms with van der Waals surface area (Å²) in [5, 5.41) is 10.6. The number of hydrogen-bond acceptors (Lipinski definition) is 6. The van der Waals surface area contributed by atoms with Gasteiger partial charge in [0.2, 0.25) is 0 Å². The standard InChI is InChI=1S/C8H9N3O2S2/c9-8-10-4(3-14-8)5-1-2-6(15-5)7(12)11-13/h1,3,6,13H,2H2,(H2,9,10)(H,11,12). The van der Waals surface area contributed by atoms with Crippen LogP contribution in [0, 0.1) is 0 Å². The minimum Gasteiger partial charge on any atom is -0.375 e. The van der Waals surface area contributed by atoms with E-state index in [1.165, 1.54) is 23.1 Å². The van der Waals surface area contributed by atoms with Crippen molar-refractivity contribution in [2.24, 2.45) is 0 Å². The van der Waals surface area contributed by atoms with Gasteiger partial charge in [-0.1, -0.05) is 6.08 Å². The molecule has 1 atom stereocenters. The summed E-state index contributed by atoms with van der Waals surface area (Å²) in [6.07, 6.45) is 2.53. The highest BCUT2D eigenvalue weighted by atomic mass is 32.2. The van der Waals surface area contributed by atoms with Gasteiger partial charge in [0, 0.05) is 10.3 Å². The van der Waals surface area contributed by atoms with E-state index in [1.54, 1.807) is 5.48 Å². The molecule has 80 valence electrons. The highest BCUT2D eigenvalue weighted by Gasteiger charge is 2.26. The zero-order valence-electron chi connectivity index (χ0n) is 7.64. The van der Waals surface area contributed by atoms with Gasteiger partial charge >= 0.3 is 0 Å². The molecule has 0 fully saturated rings. The molecule has 15 heavy (non-hydrogen) atoms. The van der Waals surface area contributed by atoms with Crippen LogP contribution in [-0.2, 0) is 4.79 Å². The summed E-state index contributed by atoms with van der Waals surface area (Å²) < 4.78 is 0. The van der Waals surface area contributed by atoms with E-state index >= 15 is 0 Å². The van der Waals surface area contributed by atoms with Crippen LogP contribution in [-0.4, -0.2) is 21.3 Å². The summed E-state index contributed by atoms with van der Waals surface area (Å²) in [7, 11) is 0. The van der Waals surface area contributed by atoms with Crippen LogP contribution in [0.3, 0.4) is 0 Å². The number of hydroxylamine groups is 1. The molecule has 0 spiro atoms. The van der Waals surface area contributed by atoms with Gasteiger partial charge in [-0.25, -0.2) is 10.5 Å². The quantitative estimate of drug-likeness (QED) is 0.534. The summed E-state index contributed by atoms with van der Waals surface area (Å²) in [4.78, 5) is 16.2. The Bertz CT molecular complexity index is 416. The molecule has 7 heteroatoms. The number of nitrogens with one attached hydrogen (secondary N) is 1. The van der Waals surface area contributed by atoms with E-state index in [2.05, 4.69) is 4.98 Å². The molecule has 1 aliphatic heterocycles. The number of thioether (sulfide) groups is 1. The van der Waals surface area contributed by atoms with Gasteiger partial charge in [-0.3, -0.25) is 10.0 Å². The van der Waals surface area contributed by atoms with E-state index in [0.717, 1.165) is 10.6 Å². The Balaban J connectivity index is 2.06. The van der Waals surface area contributed by atoms with Crippen molar-refractivity contribution in [1.82, 2.24) is 10.5 Å². The number of aromatic nitrogens is 1. The Hall–Kier alpha value is -1.05. The number of amides is 1. The number of thiazole rings is 1. The molecule has 1 unspecified atom stereocenters. The predicted octanol–water partition coefficient (Wildman–Crippen LogP) is 1.08. The molecule has 4 N–H and O–H groups in total. The number of allylic oxidation sites excluding steroid dienone is 1. The molecule has 2 heterocycles. The second kappa shape index (κ2) is 4.21. The molecule has 5 nitrogen and oxygen atoms in total. The van der Waals surface area contributed by atoms with Gasteiger partial charge in [-0.2, -0.15) is 0 Å². The van der Waals surface area contributed by atoms with Crippen molar-refractivity contribution < 1.29 is 10.0 Å². The molecule has 0 bridgehead atoms. The second-order valence-corrected chi connectivity index (χ2v) is 5.09. The van der Waals surface area contributed by atoms with E-state index in [0.29, 0.717) is 11.6 Å². The first-order valence-electron chi connectivity index (χ1n) is 4.23. The van der Waals surface area contributed by atoms with Gasteiger partial charge in [0.1, 0.15) is 0 Å². The Kier molecular flexibility index (Phi) is 2.94. The van der Waals surface area contributed by atoms with Crippen LogP contribution in [0.25, 0.3) is 4.91 Å². The number of hydrogen-bond donors (Lipinski definition) is 3. The molecular formula is C8H9N3O2S2. The van der Waals surface area contributed by atoms with Crippen LogP contribution in [0.1, 0.15) is 12.1 Å². The van der Waals surface area contributed by atoms with Crippen LogP contribution in [0.15, 0.2) is 11.5 Å². The van der Waals surface area contributed by atoms with Crippen molar-refractivity contribution in [3.8, 4) is 0 Å². The third kappa shape index (κ3) is 2.14. The van der Waals surface area contributed by atoms with E-state index in [9.17, 15) is 4.79 Å². The molecule has 0 radical (unpaired) electrons. The maximum absolute atomic E-state index is 11.1. The van der Waals surface area contributed by atoms with E-state index in [4.69, 9.17) is 10.9 Å². The number of anilines is 1. The number of carbonyl (C=O) groups is 1. The fourth-order valence-electron chi connectivity index (χ4n) is 1.26. The fraction of sp³-hybridized carbons (Fsp3) is 0.250. The lowest BCUT2D eigenvalue weighted by molar-refractivity contribution is -0.128. The number of rotatable bonds is 2. The van der Waals surface area contributed by atoms with Crippen LogP contribution >= 0.6 is 23.1 Å². The third-order valence-electron chi connectivity index (χ3n) is 1.96. The van der Waals surface area contributed by atoms with Crippen molar-refractivity contribution in [1.29, 1.82) is 0 Å². The van der Waals surface area contributed by atoms with Crippen LogP contribution in [0.4, 0.5) is 5.13 Å². The summed E-state index contributed by atoms with van der Waals surface area (Å²) in [6.45, 7) is 0. The highest BCUT2D eigenvalue weighted by Crippen LogP contribution is 2.39. The lowest BCUT2D eigenvalue weighted by atomic mass is 10.2. The summed E-state index contributed by atoms with van der Waals surface area (Å²) in [5.41, 5.74) is 7.97. The molecule has 1 aromatic rings. The molecule has 0 aromatic carbocycles. The minimum atomic E-state index is -0.380. The van der Waals surface area contributed by atoms with Crippen LogP contribution in [0.5, 0.6) is 0 Å². The molecule has 0 aliphatic carbocycles. The Morgan fingerprint density at radius 1 is 1.73 bits per heavy atom. The first-order valence-corrected chi connectivity index (χ1v) is 5.99. The molecule has 0 saturated carbocycles. The number of nitrogen functional groups attached to an aromatic ring is 1. The number of nitrogens with two attached hydrogens (primary N) is 1. The van der Waals surface area contributed by atoms with E-state index < -0.39 is 0 Å². The molecule has 1 amide bonds. The number of carbonyl (C=O) groups excluding carboxylic acids is 1. The Morgan fingerprint density at radius 3 is 3.13 bits per heavy atom. The lowest BCUT2D eigenvalue weighted by Gasteiger charge is -2.05. The molecule has 2 rings (SSSR count). The van der Waals surface area contributed by atoms with E-state index in [-0.39, 0.29) is 11.2 Å². The van der Waals surface area contributed by atoms with E-state index in [1.807, 2.05) is 11.5 Å². The minimum absolute atomic E-state index is 0.270. The van der Waals surface area contributed by atoms with Gasteiger partial charge in [-0.05, 0) is 6.42 Å². The Labute approximate surface area is 94.3 Å². The SMILES string of the molecule is Nc1nc(C2=CCC(C(=O)NO)S2)cs1. The predicted molar refractivity (Wildman–Crippen MR) is 60.4 cm³/mol. The maximum atomic E-state index is 11.1. The zero-order valence-corrected chi connectivity index (χ0v) is 9.27. The summed E-state index contributed by atoms with van der Waals surface area (Å²) in [6, 6.07) is 0. The average molecular weight is 243 g/mol. The van der Waals surface area contributed by atoms with Gasteiger partial charge in [0.25, 0.3) is 5.91 Å². The van der Waals surface area contributed by atoms with Gasteiger partial charge in [0.15, 0.2) is 5.13 Å². The van der Waals surface area contributed by atoms with Gasteiger partial charge in [-0.15, -0.1) is 23.1 Å². The van der Waals surface area contributed by atoms with Crippen LogP contribution in [0.2, 0.25) is 0 Å². The van der Waals surface area contributed by atoms with Gasteiger partial charge in [0.05, 0.1) is 10.9 Å². The average Bonchev–Trinajstić information content (AvgIpc) is 2.84. The van der Waals surface area contributed by atoms with Crippen molar-refractivity contribution in [2.45, 2.75) is 11.7 Å². The van der Waals surface area contributed by atoms with Crippen molar-refractivity contribution in [3.63, 3.8) is 0 Å². The largest absolute Gasteiger partial charge is 0.375 e. The fourth-order valence-corrected chi connectivity index (χ4v) is 2.98. The second-order valence-electron chi connectivity index (χ2n) is 2.96. The highest BCUT2D eigenvalue weighted by molar-refractivity contribution is 8.09. The van der Waals surface area contributed by atoms with Crippen molar-refractivity contribution >= 4 is 39.0 Å². The van der Waals surface area contributed by atoms with Gasteiger partial charge < -0.3 is 5.73 Å². The Morgan fingerprint density at radius 2 is 2.53 bits per heavy atom. The topological polar surface area (TPSA) is 88.2 Å². The molecule has 1 aromatic heterocycles. The zero-order chi connectivity index (χ0) is 10.8. The summed E-state index contributed by atoms with van der Waals surface area (Å²) in [5.74, 6) is -0.380. The van der Waals surface area contributed by atoms with Crippen molar-refractivity contribution in [2.75, 3.05) is 5.73 Å². The monoisotopic (exact) mass is 243 g/mol. The first kappa shape index (κ1) is 10.5. The first-order chi connectivity index (χ1) is 7.20. The van der Waals surface area contributed by atoms with Crippen molar-refractivity contribution in [3.05, 3.63) is 17.2 Å². The van der Waals surface area contributed by atoms with Crippen LogP contribution < -0.4 is 11.2 Å². The lowest BCUT2D eigenvalue weighted by Crippen LogP contribution is -2.28. The normalized spacial score (nSPS) is 20.1. The summed E-state index contributed by atoms with van der Waals surface area (Å²) >= 11 is 2.76.